The number of hydrogen-bond donors (Lipinski definition) is 1. The fourth-order valence-electron chi connectivity index (χ4n) is 3.67. The average molecular weight is 585 g/mol. The Bertz CT molecular complexity index is 1530. The van der Waals surface area contributed by atoms with E-state index in [-0.39, 0.29) is 33.6 Å². The second-order valence-corrected chi connectivity index (χ2v) is 9.69. The summed E-state index contributed by atoms with van der Waals surface area (Å²) in [6, 6.07) is 15.3. The molecule has 3 aromatic rings. The van der Waals surface area contributed by atoms with E-state index in [9.17, 15) is 23.6 Å². The fraction of sp³-hybridized carbons (Fsp3) is 0.143. The van der Waals surface area contributed by atoms with Crippen LogP contribution in [0.2, 0.25) is 5.02 Å². The van der Waals surface area contributed by atoms with E-state index in [0.717, 1.165) is 4.90 Å². The first-order valence-corrected chi connectivity index (χ1v) is 12.9. The minimum absolute atomic E-state index is 0.0106. The maximum Gasteiger partial charge on any atom is 0.339 e. The number of halogens is 2. The number of methoxy groups -OCH3 is 2. The smallest absolute Gasteiger partial charge is 0.339 e. The number of anilines is 1. The third-order valence-electron chi connectivity index (χ3n) is 5.66. The summed E-state index contributed by atoms with van der Waals surface area (Å²) >= 11 is 6.68. The largest absolute Gasteiger partial charge is 0.493 e. The van der Waals surface area contributed by atoms with Crippen LogP contribution in [-0.2, 0) is 20.9 Å². The van der Waals surface area contributed by atoms with Crippen molar-refractivity contribution in [3.63, 3.8) is 0 Å². The minimum atomic E-state index is -0.682. The lowest BCUT2D eigenvalue weighted by Crippen LogP contribution is -2.36. The van der Waals surface area contributed by atoms with E-state index in [1.165, 1.54) is 44.6 Å². The molecule has 0 radical (unpaired) electrons. The third kappa shape index (κ3) is 6.61. The Morgan fingerprint density at radius 2 is 1.82 bits per heavy atom. The lowest BCUT2D eigenvalue weighted by molar-refractivity contribution is -0.127. The zero-order chi connectivity index (χ0) is 28.8. The molecule has 3 aromatic carbocycles. The molecule has 0 aromatic heterocycles. The molecule has 3 amide bonds. The van der Waals surface area contributed by atoms with Gasteiger partial charge in [-0.3, -0.25) is 19.3 Å². The van der Waals surface area contributed by atoms with Crippen LogP contribution < -0.4 is 14.8 Å². The van der Waals surface area contributed by atoms with Crippen LogP contribution >= 0.6 is 23.4 Å². The van der Waals surface area contributed by atoms with E-state index >= 15 is 0 Å². The minimum Gasteiger partial charge on any atom is -0.493 e. The van der Waals surface area contributed by atoms with Gasteiger partial charge in [-0.05, 0) is 59.8 Å². The number of rotatable bonds is 9. The fourth-order valence-corrected chi connectivity index (χ4v) is 4.70. The first-order valence-electron chi connectivity index (χ1n) is 11.7. The van der Waals surface area contributed by atoms with Crippen LogP contribution in [-0.4, -0.2) is 48.7 Å². The molecular formula is C28H22ClFN2O7S. The molecule has 12 heteroatoms. The highest BCUT2D eigenvalue weighted by atomic mass is 35.5. The molecule has 0 atom stereocenters. The molecule has 0 unspecified atom stereocenters. The van der Waals surface area contributed by atoms with Crippen molar-refractivity contribution in [3.8, 4) is 11.5 Å². The number of imide groups is 1. The topological polar surface area (TPSA) is 111 Å². The Kier molecular flexibility index (Phi) is 9.08. The lowest BCUT2D eigenvalue weighted by atomic mass is 10.1. The number of nitrogens with zero attached hydrogens (tertiary/aromatic N) is 1. The van der Waals surface area contributed by atoms with Crippen molar-refractivity contribution in [3.05, 3.63) is 93.1 Å². The van der Waals surface area contributed by atoms with Crippen molar-refractivity contribution in [1.82, 2.24) is 4.90 Å². The molecule has 206 valence electrons. The van der Waals surface area contributed by atoms with Crippen molar-refractivity contribution in [2.24, 2.45) is 0 Å². The molecule has 9 nitrogen and oxygen atoms in total. The van der Waals surface area contributed by atoms with Crippen LogP contribution in [0, 0.1) is 5.82 Å². The number of thioether (sulfide) groups is 1. The molecule has 0 spiro atoms. The summed E-state index contributed by atoms with van der Waals surface area (Å²) in [5, 5.41) is 2.06. The van der Waals surface area contributed by atoms with Gasteiger partial charge in [-0.25, -0.2) is 9.18 Å². The van der Waals surface area contributed by atoms with E-state index in [1.54, 1.807) is 36.4 Å². The Morgan fingerprint density at radius 1 is 1.05 bits per heavy atom. The van der Waals surface area contributed by atoms with Gasteiger partial charge < -0.3 is 19.5 Å². The molecule has 1 aliphatic rings. The third-order valence-corrected chi connectivity index (χ3v) is 6.89. The van der Waals surface area contributed by atoms with Crippen LogP contribution in [0.4, 0.5) is 14.9 Å². The van der Waals surface area contributed by atoms with E-state index in [1.807, 2.05) is 0 Å². The lowest BCUT2D eigenvalue weighted by Gasteiger charge is -2.13. The maximum atomic E-state index is 13.9. The molecule has 0 aliphatic carbocycles. The Balaban J connectivity index is 1.43. The Labute approximate surface area is 237 Å². The van der Waals surface area contributed by atoms with Crippen molar-refractivity contribution in [1.29, 1.82) is 0 Å². The van der Waals surface area contributed by atoms with Crippen molar-refractivity contribution >= 4 is 58.1 Å². The molecule has 0 bridgehead atoms. The van der Waals surface area contributed by atoms with Crippen LogP contribution in [0.1, 0.15) is 21.5 Å². The predicted molar refractivity (Wildman–Crippen MR) is 148 cm³/mol. The van der Waals surface area contributed by atoms with Gasteiger partial charge in [0.15, 0.2) is 11.5 Å². The number of amides is 3. The Morgan fingerprint density at radius 3 is 2.55 bits per heavy atom. The second kappa shape index (κ2) is 12.7. The van der Waals surface area contributed by atoms with Crippen molar-refractivity contribution in [2.75, 3.05) is 26.1 Å². The van der Waals surface area contributed by atoms with Gasteiger partial charge in [0.1, 0.15) is 19.0 Å². The molecule has 1 heterocycles. The first-order chi connectivity index (χ1) is 19.2. The van der Waals surface area contributed by atoms with Gasteiger partial charge in [-0.2, -0.15) is 0 Å². The zero-order valence-corrected chi connectivity index (χ0v) is 22.8. The highest BCUT2D eigenvalue weighted by molar-refractivity contribution is 8.18. The number of esters is 1. The summed E-state index contributed by atoms with van der Waals surface area (Å²) in [7, 11) is 2.64. The number of carbonyl (C=O) groups is 4. The highest BCUT2D eigenvalue weighted by Gasteiger charge is 2.36. The van der Waals surface area contributed by atoms with Gasteiger partial charge >= 0.3 is 5.97 Å². The van der Waals surface area contributed by atoms with Gasteiger partial charge in [-0.15, -0.1) is 0 Å². The van der Waals surface area contributed by atoms with Gasteiger partial charge in [0.05, 0.1) is 29.7 Å². The van der Waals surface area contributed by atoms with Crippen LogP contribution in [0.15, 0.2) is 65.6 Å². The second-order valence-electron chi connectivity index (χ2n) is 8.29. The summed E-state index contributed by atoms with van der Waals surface area (Å²) in [6.45, 7) is -0.548. The van der Waals surface area contributed by atoms with Gasteiger partial charge in [-0.1, -0.05) is 35.9 Å². The molecule has 1 N–H and O–H groups in total. The van der Waals surface area contributed by atoms with E-state index in [0.29, 0.717) is 34.4 Å². The molecule has 40 heavy (non-hydrogen) atoms. The number of hydrogen-bond acceptors (Lipinski definition) is 8. The standard InChI is InChI=1S/C28H22ClFN2O7S/c1-37-23-11-16(7-10-22(23)39-15-17-5-3-4-6-21(17)30)12-24-26(34)32(28(36)40-24)14-25(33)31-18-8-9-20(29)19(13-18)27(35)38-2/h3-13H,14-15H2,1-2H3,(H,31,33)/b24-12+. The van der Waals surface area contributed by atoms with Gasteiger partial charge in [0.2, 0.25) is 5.91 Å². The van der Waals surface area contributed by atoms with Gasteiger partial charge in [0.25, 0.3) is 11.1 Å². The Hall–Kier alpha value is -4.35. The molecule has 1 saturated heterocycles. The van der Waals surface area contributed by atoms with E-state index < -0.39 is 29.6 Å². The van der Waals surface area contributed by atoms with E-state index in [4.69, 9.17) is 21.1 Å². The molecule has 1 aliphatic heterocycles. The maximum absolute atomic E-state index is 13.9. The number of nitrogens with one attached hydrogen (secondary N) is 1. The SMILES string of the molecule is COC(=O)c1cc(NC(=O)CN2C(=O)S/C(=C/c3ccc(OCc4ccccc4F)c(OC)c3)C2=O)ccc1Cl. The summed E-state index contributed by atoms with van der Waals surface area (Å²) in [5.41, 5.74) is 1.21. The summed E-state index contributed by atoms with van der Waals surface area (Å²) in [6.07, 6.45) is 1.49. The van der Waals surface area contributed by atoms with Crippen LogP contribution in [0.25, 0.3) is 6.08 Å². The molecule has 1 fully saturated rings. The number of ether oxygens (including phenoxy) is 3. The highest BCUT2D eigenvalue weighted by Crippen LogP contribution is 2.35. The van der Waals surface area contributed by atoms with Crippen LogP contribution in [0.5, 0.6) is 11.5 Å². The summed E-state index contributed by atoms with van der Waals surface area (Å²) in [5.74, 6) is -1.65. The zero-order valence-electron chi connectivity index (χ0n) is 21.2. The van der Waals surface area contributed by atoms with Crippen molar-refractivity contribution < 1.29 is 37.8 Å². The molecular weight excluding hydrogens is 563 g/mol. The first kappa shape index (κ1) is 28.7. The molecule has 4 rings (SSSR count). The monoisotopic (exact) mass is 584 g/mol. The van der Waals surface area contributed by atoms with Gasteiger partial charge in [0, 0.05) is 11.3 Å². The van der Waals surface area contributed by atoms with Crippen LogP contribution in [0.3, 0.4) is 0 Å². The van der Waals surface area contributed by atoms with E-state index in [2.05, 4.69) is 10.1 Å². The number of benzene rings is 3. The predicted octanol–water partition coefficient (Wildman–Crippen LogP) is 5.53. The average Bonchev–Trinajstić information content (AvgIpc) is 3.20. The molecule has 0 saturated carbocycles. The summed E-state index contributed by atoms with van der Waals surface area (Å²) in [4.78, 5) is 50.8. The van der Waals surface area contributed by atoms with Crippen molar-refractivity contribution in [2.45, 2.75) is 6.61 Å². The normalized spacial score (nSPS) is 13.9. The number of carbonyl (C=O) groups excluding carboxylic acids is 4. The summed E-state index contributed by atoms with van der Waals surface area (Å²) < 4.78 is 29.6. The quantitative estimate of drug-likeness (QED) is 0.258.